The summed E-state index contributed by atoms with van der Waals surface area (Å²) in [5.74, 6) is -1.71. The van der Waals surface area contributed by atoms with Crippen LogP contribution in [0, 0.1) is 5.82 Å². The molecule has 43 heavy (non-hydrogen) atoms. The Kier molecular flexibility index (Phi) is 11.3. The summed E-state index contributed by atoms with van der Waals surface area (Å²) in [5, 5.41) is 3.17. The molecule has 3 aromatic carbocycles. The standard InChI is InChI=1S/C32H38BrFN4O4S/c1-36(2)43(41,42)38(29-19-10-9-18-28(29)34)23-31(39)37(22-25-14-11-15-26(33)20-25)30(21-24-12-5-3-6-13-24)32(40)35-27-16-7-4-8-17-27/h3,5-6,9-15,18-20,27,30H,4,7-8,16-17,21-23H2,1-2H3,(H,35,40)/t30-/m1/s1. The highest BCUT2D eigenvalue weighted by molar-refractivity contribution is 9.10. The van der Waals surface area contributed by atoms with Crippen molar-refractivity contribution >= 4 is 43.6 Å². The lowest BCUT2D eigenvalue weighted by molar-refractivity contribution is -0.140. The first-order valence-electron chi connectivity index (χ1n) is 14.4. The number of carbonyl (C=O) groups excluding carboxylic acids is 2. The van der Waals surface area contributed by atoms with Gasteiger partial charge in [0, 0.05) is 37.6 Å². The number of rotatable bonds is 12. The number of hydrogen-bond donors (Lipinski definition) is 1. The van der Waals surface area contributed by atoms with Gasteiger partial charge in [-0.1, -0.05) is 89.8 Å². The van der Waals surface area contributed by atoms with Crippen LogP contribution in [-0.2, 0) is 32.8 Å². The van der Waals surface area contributed by atoms with E-state index in [0.29, 0.717) is 0 Å². The van der Waals surface area contributed by atoms with Crippen molar-refractivity contribution in [2.75, 3.05) is 24.9 Å². The maximum atomic E-state index is 15.0. The smallest absolute Gasteiger partial charge is 0.304 e. The van der Waals surface area contributed by atoms with Gasteiger partial charge in [-0.05, 0) is 48.2 Å². The Morgan fingerprint density at radius 1 is 0.930 bits per heavy atom. The van der Waals surface area contributed by atoms with Crippen molar-refractivity contribution in [2.24, 2.45) is 0 Å². The molecule has 1 fully saturated rings. The number of nitrogens with one attached hydrogen (secondary N) is 1. The van der Waals surface area contributed by atoms with Gasteiger partial charge in [-0.3, -0.25) is 9.59 Å². The van der Waals surface area contributed by atoms with E-state index in [9.17, 15) is 22.4 Å². The minimum absolute atomic E-state index is 0.00590. The van der Waals surface area contributed by atoms with Crippen LogP contribution in [0.1, 0.15) is 43.2 Å². The van der Waals surface area contributed by atoms with Crippen LogP contribution in [0.15, 0.2) is 83.3 Å². The summed E-state index contributed by atoms with van der Waals surface area (Å²) in [6, 6.07) is 21.3. The normalized spacial score (nSPS) is 14.7. The van der Waals surface area contributed by atoms with Crippen LogP contribution in [0.5, 0.6) is 0 Å². The Labute approximate surface area is 262 Å². The van der Waals surface area contributed by atoms with Crippen LogP contribution in [0.25, 0.3) is 0 Å². The molecule has 0 unspecified atom stereocenters. The predicted molar refractivity (Wildman–Crippen MR) is 170 cm³/mol. The van der Waals surface area contributed by atoms with Gasteiger partial charge in [0.25, 0.3) is 0 Å². The number of hydrogen-bond acceptors (Lipinski definition) is 4. The average molecular weight is 674 g/mol. The summed E-state index contributed by atoms with van der Waals surface area (Å²) in [7, 11) is -1.63. The number of anilines is 1. The minimum atomic E-state index is -4.28. The lowest BCUT2D eigenvalue weighted by atomic mass is 9.94. The SMILES string of the molecule is CN(C)S(=O)(=O)N(CC(=O)N(Cc1cccc(Br)c1)[C@H](Cc1ccccc1)C(=O)NC1CCCCC1)c1ccccc1F. The molecule has 8 nitrogen and oxygen atoms in total. The van der Waals surface area contributed by atoms with Crippen LogP contribution in [-0.4, -0.2) is 62.2 Å². The molecule has 0 radical (unpaired) electrons. The summed E-state index contributed by atoms with van der Waals surface area (Å²) in [5.41, 5.74) is 1.35. The molecular formula is C32H38BrFN4O4S. The molecule has 11 heteroatoms. The maximum absolute atomic E-state index is 15.0. The van der Waals surface area contributed by atoms with E-state index in [0.717, 1.165) is 62.4 Å². The molecule has 1 aliphatic rings. The third kappa shape index (κ3) is 8.64. The molecule has 0 bridgehead atoms. The van der Waals surface area contributed by atoms with Crippen LogP contribution in [0.4, 0.5) is 10.1 Å². The quantitative estimate of drug-likeness (QED) is 0.283. The summed E-state index contributed by atoms with van der Waals surface area (Å²) in [6.45, 7) is -0.654. The monoisotopic (exact) mass is 672 g/mol. The van der Waals surface area contributed by atoms with Crippen LogP contribution < -0.4 is 9.62 Å². The van der Waals surface area contributed by atoms with Crippen molar-refractivity contribution in [1.29, 1.82) is 0 Å². The largest absolute Gasteiger partial charge is 0.352 e. The molecule has 0 heterocycles. The number of amides is 2. The number of para-hydroxylation sites is 1. The van der Waals surface area contributed by atoms with E-state index in [-0.39, 0.29) is 30.6 Å². The zero-order valence-corrected chi connectivity index (χ0v) is 26.9. The van der Waals surface area contributed by atoms with E-state index in [1.165, 1.54) is 37.2 Å². The average Bonchev–Trinajstić information content (AvgIpc) is 2.99. The van der Waals surface area contributed by atoms with Crippen molar-refractivity contribution in [3.63, 3.8) is 0 Å². The molecule has 0 aromatic heterocycles. The fourth-order valence-electron chi connectivity index (χ4n) is 5.29. The van der Waals surface area contributed by atoms with E-state index in [1.54, 1.807) is 0 Å². The lowest BCUT2D eigenvalue weighted by Crippen LogP contribution is -2.55. The van der Waals surface area contributed by atoms with E-state index >= 15 is 0 Å². The van der Waals surface area contributed by atoms with Crippen LogP contribution in [0.3, 0.4) is 0 Å². The van der Waals surface area contributed by atoms with Crippen molar-refractivity contribution in [2.45, 2.75) is 57.2 Å². The fourth-order valence-corrected chi connectivity index (χ4v) is 6.80. The van der Waals surface area contributed by atoms with Crippen LogP contribution in [0.2, 0.25) is 0 Å². The molecule has 2 amide bonds. The number of halogens is 2. The Morgan fingerprint density at radius 3 is 2.23 bits per heavy atom. The van der Waals surface area contributed by atoms with Gasteiger partial charge in [-0.25, -0.2) is 8.70 Å². The first kappa shape index (κ1) is 32.6. The third-order valence-electron chi connectivity index (χ3n) is 7.60. The molecule has 1 saturated carbocycles. The van der Waals surface area contributed by atoms with E-state index in [4.69, 9.17) is 0 Å². The molecule has 3 aromatic rings. The number of benzene rings is 3. The zero-order chi connectivity index (χ0) is 31.0. The highest BCUT2D eigenvalue weighted by Gasteiger charge is 2.36. The molecule has 1 N–H and O–H groups in total. The molecule has 4 rings (SSSR count). The number of nitrogens with zero attached hydrogens (tertiary/aromatic N) is 3. The summed E-state index contributed by atoms with van der Waals surface area (Å²) < 4.78 is 44.3. The van der Waals surface area contributed by atoms with Gasteiger partial charge in [0.1, 0.15) is 18.4 Å². The molecule has 1 atom stereocenters. The highest BCUT2D eigenvalue weighted by Crippen LogP contribution is 2.25. The molecular weight excluding hydrogens is 635 g/mol. The Morgan fingerprint density at radius 2 is 1.58 bits per heavy atom. The van der Waals surface area contributed by atoms with Crippen LogP contribution >= 0.6 is 15.9 Å². The number of carbonyl (C=O) groups is 2. The maximum Gasteiger partial charge on any atom is 0.304 e. The predicted octanol–water partition coefficient (Wildman–Crippen LogP) is 5.29. The second kappa shape index (κ2) is 14.9. The van der Waals surface area contributed by atoms with Crippen molar-refractivity contribution in [3.8, 4) is 0 Å². The molecule has 1 aliphatic carbocycles. The van der Waals surface area contributed by atoms with Crippen molar-refractivity contribution in [3.05, 3.63) is 100 Å². The molecule has 230 valence electrons. The Bertz CT molecular complexity index is 1500. The van der Waals surface area contributed by atoms with Gasteiger partial charge in [0.15, 0.2) is 0 Å². The van der Waals surface area contributed by atoms with E-state index < -0.39 is 34.5 Å². The summed E-state index contributed by atoms with van der Waals surface area (Å²) >= 11 is 3.48. The van der Waals surface area contributed by atoms with Gasteiger partial charge in [-0.15, -0.1) is 0 Å². The second-order valence-electron chi connectivity index (χ2n) is 10.9. The van der Waals surface area contributed by atoms with Gasteiger partial charge in [0.05, 0.1) is 5.69 Å². The molecule has 0 saturated heterocycles. The van der Waals surface area contributed by atoms with E-state index in [2.05, 4.69) is 21.2 Å². The van der Waals surface area contributed by atoms with E-state index in [1.807, 2.05) is 54.6 Å². The Balaban J connectivity index is 1.76. The lowest BCUT2D eigenvalue weighted by Gasteiger charge is -2.35. The second-order valence-corrected chi connectivity index (χ2v) is 13.9. The van der Waals surface area contributed by atoms with Gasteiger partial charge >= 0.3 is 10.2 Å². The fraction of sp³-hybridized carbons (Fsp3) is 0.375. The zero-order valence-electron chi connectivity index (χ0n) is 24.5. The Hall–Kier alpha value is -3.28. The first-order valence-corrected chi connectivity index (χ1v) is 16.6. The highest BCUT2D eigenvalue weighted by atomic mass is 79.9. The van der Waals surface area contributed by atoms with Gasteiger partial charge in [-0.2, -0.15) is 12.7 Å². The molecule has 0 spiro atoms. The third-order valence-corrected chi connectivity index (χ3v) is 9.90. The minimum Gasteiger partial charge on any atom is -0.352 e. The van der Waals surface area contributed by atoms with Crippen molar-refractivity contribution < 1.29 is 22.4 Å². The van der Waals surface area contributed by atoms with Gasteiger partial charge < -0.3 is 10.2 Å². The summed E-state index contributed by atoms with van der Waals surface area (Å²) in [6.07, 6.45) is 5.12. The van der Waals surface area contributed by atoms with Crippen molar-refractivity contribution in [1.82, 2.24) is 14.5 Å². The first-order chi connectivity index (χ1) is 20.6. The molecule has 0 aliphatic heterocycles. The summed E-state index contributed by atoms with van der Waals surface area (Å²) in [4.78, 5) is 29.8. The topological polar surface area (TPSA) is 90.0 Å². The van der Waals surface area contributed by atoms with Gasteiger partial charge in [0.2, 0.25) is 11.8 Å².